The predicted molar refractivity (Wildman–Crippen MR) is 112 cm³/mol. The van der Waals surface area contributed by atoms with Crippen molar-refractivity contribution < 1.29 is 14.3 Å². The molecule has 2 N–H and O–H groups in total. The van der Waals surface area contributed by atoms with Crippen LogP contribution < -0.4 is 15.4 Å². The Hall–Kier alpha value is -1.30. The summed E-state index contributed by atoms with van der Waals surface area (Å²) in [6.45, 7) is 8.36. The highest BCUT2D eigenvalue weighted by Gasteiger charge is 2.39. The maximum absolute atomic E-state index is 12.8. The Balaban J connectivity index is 0.00000364. The molecule has 1 aliphatic rings. The highest BCUT2D eigenvalue weighted by atomic mass is 35.5. The maximum atomic E-state index is 12.8. The van der Waals surface area contributed by atoms with Gasteiger partial charge >= 0.3 is 0 Å². The summed E-state index contributed by atoms with van der Waals surface area (Å²) < 4.78 is 11.0. The van der Waals surface area contributed by atoms with Crippen molar-refractivity contribution >= 4 is 18.3 Å². The van der Waals surface area contributed by atoms with E-state index in [4.69, 9.17) is 9.47 Å². The number of aryl methyl sites for hydroxylation is 1. The molecule has 1 atom stereocenters. The van der Waals surface area contributed by atoms with Crippen molar-refractivity contribution in [3.63, 3.8) is 0 Å². The summed E-state index contributed by atoms with van der Waals surface area (Å²) in [6.07, 6.45) is 3.69. The van der Waals surface area contributed by atoms with E-state index in [0.29, 0.717) is 6.61 Å². The summed E-state index contributed by atoms with van der Waals surface area (Å²) in [7, 11) is 1.67. The van der Waals surface area contributed by atoms with Gasteiger partial charge in [0.15, 0.2) is 0 Å². The van der Waals surface area contributed by atoms with E-state index >= 15 is 0 Å². The molecule has 0 bridgehead atoms. The fourth-order valence-corrected chi connectivity index (χ4v) is 3.46. The van der Waals surface area contributed by atoms with Gasteiger partial charge in [0, 0.05) is 13.2 Å². The predicted octanol–water partition coefficient (Wildman–Crippen LogP) is 3.35. The first-order valence-electron chi connectivity index (χ1n) is 9.71. The molecule has 0 aromatic heterocycles. The zero-order valence-corrected chi connectivity index (χ0v) is 17.9. The van der Waals surface area contributed by atoms with Crippen LogP contribution in [0.5, 0.6) is 5.75 Å². The maximum Gasteiger partial charge on any atom is 0.228 e. The van der Waals surface area contributed by atoms with Crippen LogP contribution in [0.1, 0.15) is 45.6 Å². The first kappa shape index (κ1) is 23.7. The van der Waals surface area contributed by atoms with Gasteiger partial charge in [-0.05, 0) is 77.2 Å². The van der Waals surface area contributed by atoms with Crippen LogP contribution in [0.25, 0.3) is 0 Å². The minimum atomic E-state index is -0.385. The molecule has 154 valence electrons. The van der Waals surface area contributed by atoms with E-state index in [-0.39, 0.29) is 35.9 Å². The molecule has 6 heteroatoms. The molecule has 1 fully saturated rings. The van der Waals surface area contributed by atoms with Crippen molar-refractivity contribution in [2.75, 3.05) is 26.8 Å². The van der Waals surface area contributed by atoms with Crippen molar-refractivity contribution in [3.05, 3.63) is 29.8 Å². The molecule has 5 nitrogen and oxygen atoms in total. The van der Waals surface area contributed by atoms with Gasteiger partial charge in [-0.1, -0.05) is 12.1 Å². The fraction of sp³-hybridized carbons (Fsp3) is 0.667. The number of amides is 1. The molecule has 1 aromatic rings. The fourth-order valence-electron chi connectivity index (χ4n) is 3.46. The van der Waals surface area contributed by atoms with Crippen molar-refractivity contribution in [3.8, 4) is 5.75 Å². The topological polar surface area (TPSA) is 59.6 Å². The van der Waals surface area contributed by atoms with Crippen molar-refractivity contribution in [1.29, 1.82) is 0 Å². The molecule has 1 aliphatic heterocycles. The summed E-state index contributed by atoms with van der Waals surface area (Å²) in [5, 5.41) is 6.53. The standard InChI is InChI=1S/C21H34N2O3.ClH/c1-16(2)26-19-9-7-18(8-10-19)6-5-17(3)23-20(24)21(15-25-4)11-13-22-14-12-21;/h7-10,16-17,22H,5-6,11-15H2,1-4H3,(H,23,24);1H. The molecule has 0 radical (unpaired) electrons. The summed E-state index contributed by atoms with van der Waals surface area (Å²) in [5.74, 6) is 1.03. The quantitative estimate of drug-likeness (QED) is 0.669. The lowest BCUT2D eigenvalue weighted by molar-refractivity contribution is -0.136. The number of nitrogens with one attached hydrogen (secondary N) is 2. The van der Waals surface area contributed by atoms with Gasteiger partial charge in [-0.15, -0.1) is 12.4 Å². The minimum Gasteiger partial charge on any atom is -0.491 e. The molecule has 27 heavy (non-hydrogen) atoms. The van der Waals surface area contributed by atoms with Crippen molar-refractivity contribution in [1.82, 2.24) is 10.6 Å². The van der Waals surface area contributed by atoms with E-state index in [1.165, 1.54) is 5.56 Å². The molecule has 1 unspecified atom stereocenters. The molecular weight excluding hydrogens is 364 g/mol. The number of piperidine rings is 1. The number of rotatable bonds is 9. The molecule has 0 spiro atoms. The third-order valence-corrected chi connectivity index (χ3v) is 5.00. The third-order valence-electron chi connectivity index (χ3n) is 5.00. The monoisotopic (exact) mass is 398 g/mol. The second-order valence-electron chi connectivity index (χ2n) is 7.69. The van der Waals surface area contributed by atoms with Gasteiger partial charge < -0.3 is 20.1 Å². The molecular formula is C21H35ClN2O3. The van der Waals surface area contributed by atoms with Gasteiger partial charge in [0.25, 0.3) is 0 Å². The number of benzene rings is 1. The number of hydrogen-bond donors (Lipinski definition) is 2. The van der Waals surface area contributed by atoms with Crippen LogP contribution in [-0.4, -0.2) is 44.9 Å². The van der Waals surface area contributed by atoms with Crippen LogP contribution in [0.15, 0.2) is 24.3 Å². The molecule has 1 amide bonds. The largest absolute Gasteiger partial charge is 0.491 e. The van der Waals surface area contributed by atoms with E-state index in [2.05, 4.69) is 29.7 Å². The first-order chi connectivity index (χ1) is 12.4. The summed E-state index contributed by atoms with van der Waals surface area (Å²) in [6, 6.07) is 8.37. The Kier molecular flexibility index (Phi) is 10.1. The Labute approximate surface area is 170 Å². The van der Waals surface area contributed by atoms with Crippen LogP contribution in [0.4, 0.5) is 0 Å². The van der Waals surface area contributed by atoms with E-state index in [1.807, 2.05) is 26.0 Å². The molecule has 0 saturated carbocycles. The first-order valence-corrected chi connectivity index (χ1v) is 9.71. The van der Waals surface area contributed by atoms with Crippen molar-refractivity contribution in [2.24, 2.45) is 5.41 Å². The van der Waals surface area contributed by atoms with E-state index < -0.39 is 0 Å². The van der Waals surface area contributed by atoms with Gasteiger partial charge in [0.1, 0.15) is 5.75 Å². The average molecular weight is 399 g/mol. The number of carbonyl (C=O) groups is 1. The number of halogens is 1. The van der Waals surface area contributed by atoms with Crippen LogP contribution >= 0.6 is 12.4 Å². The van der Waals surface area contributed by atoms with Crippen molar-refractivity contribution in [2.45, 2.75) is 58.6 Å². The lowest BCUT2D eigenvalue weighted by atomic mass is 9.78. The number of carbonyl (C=O) groups excluding carboxylic acids is 1. The smallest absolute Gasteiger partial charge is 0.228 e. The van der Waals surface area contributed by atoms with Crippen LogP contribution in [0, 0.1) is 5.41 Å². The number of methoxy groups -OCH3 is 1. The molecule has 1 saturated heterocycles. The summed E-state index contributed by atoms with van der Waals surface area (Å²) >= 11 is 0. The second kappa shape index (κ2) is 11.5. The Morgan fingerprint density at radius 1 is 1.19 bits per heavy atom. The van der Waals surface area contributed by atoms with Gasteiger partial charge in [-0.3, -0.25) is 4.79 Å². The van der Waals surface area contributed by atoms with E-state index in [9.17, 15) is 4.79 Å². The molecule has 1 aromatic carbocycles. The molecule has 1 heterocycles. The summed E-state index contributed by atoms with van der Waals surface area (Å²) in [5.41, 5.74) is 0.875. The normalized spacial score (nSPS) is 17.1. The SMILES string of the molecule is COCC1(C(=O)NC(C)CCc2ccc(OC(C)C)cc2)CCNCC1.Cl. The Morgan fingerprint density at radius 2 is 1.81 bits per heavy atom. The molecule has 0 aliphatic carbocycles. The van der Waals surface area contributed by atoms with Crippen LogP contribution in [-0.2, 0) is 16.0 Å². The van der Waals surface area contributed by atoms with Crippen LogP contribution in [0.3, 0.4) is 0 Å². The lowest BCUT2D eigenvalue weighted by Crippen LogP contribution is -2.52. The number of ether oxygens (including phenoxy) is 2. The Bertz CT molecular complexity index is 552. The third kappa shape index (κ3) is 7.32. The highest BCUT2D eigenvalue weighted by molar-refractivity contribution is 5.85. The second-order valence-corrected chi connectivity index (χ2v) is 7.69. The van der Waals surface area contributed by atoms with Gasteiger partial charge in [0.05, 0.1) is 18.1 Å². The zero-order valence-electron chi connectivity index (χ0n) is 17.0. The highest BCUT2D eigenvalue weighted by Crippen LogP contribution is 2.29. The number of hydrogen-bond acceptors (Lipinski definition) is 4. The minimum absolute atomic E-state index is 0. The van der Waals surface area contributed by atoms with E-state index in [1.54, 1.807) is 7.11 Å². The van der Waals surface area contributed by atoms with Gasteiger partial charge in [0.2, 0.25) is 5.91 Å². The van der Waals surface area contributed by atoms with Gasteiger partial charge in [-0.2, -0.15) is 0 Å². The Morgan fingerprint density at radius 3 is 2.37 bits per heavy atom. The van der Waals surface area contributed by atoms with Crippen LogP contribution in [0.2, 0.25) is 0 Å². The van der Waals surface area contributed by atoms with Gasteiger partial charge in [-0.25, -0.2) is 0 Å². The molecule has 2 rings (SSSR count). The van der Waals surface area contributed by atoms with E-state index in [0.717, 1.165) is 44.5 Å². The lowest BCUT2D eigenvalue weighted by Gasteiger charge is -2.36. The summed E-state index contributed by atoms with van der Waals surface area (Å²) in [4.78, 5) is 12.8. The zero-order chi connectivity index (χ0) is 19.0. The average Bonchev–Trinajstić information content (AvgIpc) is 2.61.